The van der Waals surface area contributed by atoms with Crippen LogP contribution in [-0.4, -0.2) is 131 Å². The molecule has 0 radical (unpaired) electrons. The van der Waals surface area contributed by atoms with Gasteiger partial charge in [-0.05, 0) is 86.6 Å². The summed E-state index contributed by atoms with van der Waals surface area (Å²) in [5, 5.41) is 22.0. The van der Waals surface area contributed by atoms with E-state index in [1.54, 1.807) is 52.1 Å². The minimum Gasteiger partial charge on any atom is -0.368 e. The van der Waals surface area contributed by atoms with E-state index in [9.17, 15) is 14.4 Å². The first kappa shape index (κ1) is 52.2. The van der Waals surface area contributed by atoms with Crippen molar-refractivity contribution in [2.75, 3.05) is 86.7 Å². The molecule has 9 aromatic heterocycles. The topological polar surface area (TPSA) is 197 Å². The smallest absolute Gasteiger partial charge is 0.258 e. The highest BCUT2D eigenvalue weighted by molar-refractivity contribution is 7.18. The molecule has 3 aromatic carbocycles. The SMILES string of the molecule is C[C@H]1CN(c2ccc3nc(-c4ccc5nn(C)cc5c4)cc(=O)n3c2)CCN1.Cc1nc2cc(-c3cc(=O)n4cc(N5CCNCC5)ccc4n3)ccc2s1.Cn1cc2cc(-c3cc(=O)n4cc(N5CCNCC5)ccc4n3)ccc2n1. The van der Waals surface area contributed by atoms with Gasteiger partial charge in [0, 0.05) is 169 Å². The summed E-state index contributed by atoms with van der Waals surface area (Å²) in [5.74, 6) is 0. The van der Waals surface area contributed by atoms with E-state index < -0.39 is 0 Å². The van der Waals surface area contributed by atoms with Crippen LogP contribution in [-0.2, 0) is 14.1 Å². The van der Waals surface area contributed by atoms with Crippen LogP contribution in [0.3, 0.4) is 0 Å². The second-order valence-electron chi connectivity index (χ2n) is 21.1. The zero-order valence-corrected chi connectivity index (χ0v) is 46.8. The molecule has 15 rings (SSSR count). The van der Waals surface area contributed by atoms with Gasteiger partial charge in [-0.15, -0.1) is 11.3 Å². The molecule has 0 bridgehead atoms. The molecule has 20 nitrogen and oxygen atoms in total. The van der Waals surface area contributed by atoms with Gasteiger partial charge in [0.15, 0.2) is 0 Å². The van der Waals surface area contributed by atoms with Crippen molar-refractivity contribution in [3.63, 3.8) is 0 Å². The van der Waals surface area contributed by atoms with Crippen molar-refractivity contribution < 1.29 is 0 Å². The van der Waals surface area contributed by atoms with E-state index in [0.29, 0.717) is 40.1 Å². The van der Waals surface area contributed by atoms with Crippen LogP contribution in [0.5, 0.6) is 0 Å². The first-order valence-corrected chi connectivity index (χ1v) is 28.5. The highest BCUT2D eigenvalue weighted by Crippen LogP contribution is 2.29. The zero-order valence-electron chi connectivity index (χ0n) is 46.0. The molecule has 3 saturated heterocycles. The third-order valence-electron chi connectivity index (χ3n) is 15.2. The Hall–Kier alpha value is -9.15. The molecule has 0 spiro atoms. The summed E-state index contributed by atoms with van der Waals surface area (Å²) < 4.78 is 9.61. The number of nitrogens with zero attached hydrogens (tertiary/aromatic N) is 14. The summed E-state index contributed by atoms with van der Waals surface area (Å²) in [7, 11) is 3.80. The molecule has 12 aromatic rings. The molecule has 82 heavy (non-hydrogen) atoms. The molecular weight excluding hydrogens is 1050 g/mol. The van der Waals surface area contributed by atoms with Crippen LogP contribution in [0, 0.1) is 6.92 Å². The molecule has 21 heteroatoms. The molecular formula is C61H61N17O3S. The first-order chi connectivity index (χ1) is 39.9. The number of thiazole rings is 1. The van der Waals surface area contributed by atoms with Gasteiger partial charge >= 0.3 is 0 Å². The number of piperazine rings is 3. The number of anilines is 3. The summed E-state index contributed by atoms with van der Waals surface area (Å²) in [6.07, 6.45) is 9.62. The van der Waals surface area contributed by atoms with Crippen molar-refractivity contribution >= 4 is 77.4 Å². The molecule has 0 saturated carbocycles. The fraction of sp³-hybridized carbons (Fsp3) is 0.262. The Morgan fingerprint density at radius 1 is 0.463 bits per heavy atom. The number of aromatic nitrogens is 11. The summed E-state index contributed by atoms with van der Waals surface area (Å²) in [4.78, 5) is 63.9. The van der Waals surface area contributed by atoms with Crippen LogP contribution in [0.1, 0.15) is 11.9 Å². The Balaban J connectivity index is 0.000000115. The van der Waals surface area contributed by atoms with Crippen molar-refractivity contribution in [3.8, 4) is 33.8 Å². The van der Waals surface area contributed by atoms with Crippen LogP contribution >= 0.6 is 11.3 Å². The Labute approximate surface area is 474 Å². The monoisotopic (exact) mass is 1110 g/mol. The van der Waals surface area contributed by atoms with Gasteiger partial charge in [-0.3, -0.25) is 36.9 Å². The molecule has 3 fully saturated rings. The Kier molecular flexibility index (Phi) is 14.1. The van der Waals surface area contributed by atoms with E-state index in [2.05, 4.69) is 52.8 Å². The van der Waals surface area contributed by atoms with E-state index in [0.717, 1.165) is 143 Å². The lowest BCUT2D eigenvalue weighted by Crippen LogP contribution is -2.49. The highest BCUT2D eigenvalue weighted by Gasteiger charge is 2.19. The molecule has 3 aliphatic heterocycles. The second kappa shape index (κ2) is 22.1. The quantitative estimate of drug-likeness (QED) is 0.165. The fourth-order valence-corrected chi connectivity index (χ4v) is 11.9. The van der Waals surface area contributed by atoms with Gasteiger partial charge in [0.1, 0.15) is 16.9 Å². The van der Waals surface area contributed by atoms with Gasteiger partial charge in [0.05, 0.1) is 60.4 Å². The van der Waals surface area contributed by atoms with Crippen molar-refractivity contribution in [2.45, 2.75) is 19.9 Å². The van der Waals surface area contributed by atoms with Gasteiger partial charge in [-0.25, -0.2) is 19.9 Å². The van der Waals surface area contributed by atoms with Crippen LogP contribution < -0.4 is 47.3 Å². The lowest BCUT2D eigenvalue weighted by Gasteiger charge is -2.33. The summed E-state index contributed by atoms with van der Waals surface area (Å²) in [5.41, 5.74) is 12.5. The zero-order chi connectivity index (χ0) is 56.0. The summed E-state index contributed by atoms with van der Waals surface area (Å²) >= 11 is 1.67. The molecule has 1 atom stereocenters. The number of fused-ring (bicyclic) bond motifs is 6. The normalized spacial score (nSPS) is 15.8. The summed E-state index contributed by atoms with van der Waals surface area (Å²) in [6, 6.07) is 35.1. The van der Waals surface area contributed by atoms with Crippen molar-refractivity contribution in [1.29, 1.82) is 0 Å². The van der Waals surface area contributed by atoms with Gasteiger partial charge < -0.3 is 30.7 Å². The molecule has 3 N–H and O–H groups in total. The highest BCUT2D eigenvalue weighted by atomic mass is 32.1. The second-order valence-corrected chi connectivity index (χ2v) is 22.4. The van der Waals surface area contributed by atoms with Crippen LogP contribution in [0.2, 0.25) is 0 Å². The maximum atomic E-state index is 12.8. The minimum absolute atomic E-state index is 0.0680. The Morgan fingerprint density at radius 3 is 1.35 bits per heavy atom. The largest absolute Gasteiger partial charge is 0.368 e. The van der Waals surface area contributed by atoms with Gasteiger partial charge in [0.25, 0.3) is 16.7 Å². The van der Waals surface area contributed by atoms with Crippen LogP contribution in [0.25, 0.3) is 82.7 Å². The first-order valence-electron chi connectivity index (χ1n) is 27.7. The maximum absolute atomic E-state index is 12.8. The minimum atomic E-state index is -0.0729. The van der Waals surface area contributed by atoms with E-state index in [4.69, 9.17) is 15.0 Å². The van der Waals surface area contributed by atoms with Crippen molar-refractivity contribution in [1.82, 2.24) is 68.6 Å². The molecule has 3 aliphatic rings. The lowest BCUT2D eigenvalue weighted by molar-refractivity contribution is 0.484. The van der Waals surface area contributed by atoms with Crippen LogP contribution in [0.4, 0.5) is 17.1 Å². The lowest BCUT2D eigenvalue weighted by atomic mass is 10.1. The van der Waals surface area contributed by atoms with Gasteiger partial charge in [0.2, 0.25) is 0 Å². The van der Waals surface area contributed by atoms with E-state index in [1.807, 2.05) is 143 Å². The number of hydrogen-bond acceptors (Lipinski definition) is 16. The standard InChI is InChI=1S/C21H22N6O.C20H20N6O.C20H19N5OS/c1-14-11-26(8-7-22-14)17-4-6-20-23-19(10-21(28)27(20)13-17)15-3-5-18-16(9-15)12-25(2)24-18;1-24-12-15-10-14(2-4-17(15)23-24)18-11-20(27)26-13-16(3-5-19(26)22-18)25-8-6-21-7-9-25;1-13-22-17-10-14(2-4-18(17)27-13)16-11-20(26)25-12-15(3-5-19(25)23-16)24-8-6-21-7-9-24/h3-6,9-10,12-14,22H,7-8,11H2,1-2H3;2-5,10-13,21H,6-9H2,1H3;2-5,10-12,21H,6-9H2,1H3/t14-;;/m0../s1. The summed E-state index contributed by atoms with van der Waals surface area (Å²) in [6.45, 7) is 14.6. The molecule has 0 aliphatic carbocycles. The number of hydrogen-bond donors (Lipinski definition) is 3. The molecule has 414 valence electrons. The Morgan fingerprint density at radius 2 is 0.890 bits per heavy atom. The molecule has 12 heterocycles. The predicted octanol–water partition coefficient (Wildman–Crippen LogP) is 6.39. The van der Waals surface area contributed by atoms with Gasteiger partial charge in [-0.1, -0.05) is 18.2 Å². The van der Waals surface area contributed by atoms with E-state index >= 15 is 0 Å². The third kappa shape index (κ3) is 10.8. The number of rotatable bonds is 6. The van der Waals surface area contributed by atoms with E-state index in [1.165, 1.54) is 0 Å². The molecule has 0 amide bonds. The van der Waals surface area contributed by atoms with Crippen molar-refractivity contribution in [2.24, 2.45) is 14.1 Å². The molecule has 0 unspecified atom stereocenters. The number of aryl methyl sites for hydroxylation is 3. The predicted molar refractivity (Wildman–Crippen MR) is 327 cm³/mol. The average molecular weight is 1110 g/mol. The maximum Gasteiger partial charge on any atom is 0.258 e. The fourth-order valence-electron chi connectivity index (χ4n) is 11.1. The Bertz CT molecular complexity index is 4380. The average Bonchev–Trinajstić information content (AvgIpc) is 4.33. The number of pyridine rings is 3. The number of nitrogens with one attached hydrogen (secondary N) is 3. The van der Waals surface area contributed by atoms with Gasteiger partial charge in [-0.2, -0.15) is 10.2 Å². The van der Waals surface area contributed by atoms with Crippen molar-refractivity contribution in [3.05, 3.63) is 176 Å². The number of benzene rings is 3. The van der Waals surface area contributed by atoms with E-state index in [-0.39, 0.29) is 16.7 Å². The van der Waals surface area contributed by atoms with Crippen LogP contribution in [0.15, 0.2) is 155 Å². The third-order valence-corrected chi connectivity index (χ3v) is 16.2.